The molecule has 0 unspecified atom stereocenters. The topological polar surface area (TPSA) is 66.5 Å². The lowest BCUT2D eigenvalue weighted by Gasteiger charge is -2.33. The molecule has 0 aromatic heterocycles. The zero-order chi connectivity index (χ0) is 19.3. The summed E-state index contributed by atoms with van der Waals surface area (Å²) >= 11 is 3.40. The third-order valence-corrected chi connectivity index (χ3v) is 7.38. The fourth-order valence-corrected chi connectivity index (χ4v) is 5.45. The number of carbonyl (C=O) groups is 1. The van der Waals surface area contributed by atoms with Crippen molar-refractivity contribution in [2.24, 2.45) is 0 Å². The zero-order valence-corrected chi connectivity index (χ0v) is 17.4. The second kappa shape index (κ2) is 8.99. The molecule has 1 amide bonds. The number of sulfonamides is 1. The van der Waals surface area contributed by atoms with Crippen LogP contribution in [0.25, 0.3) is 0 Å². The molecule has 0 radical (unpaired) electrons. The maximum atomic E-state index is 13.2. The van der Waals surface area contributed by atoms with Gasteiger partial charge < -0.3 is 5.32 Å². The van der Waals surface area contributed by atoms with Crippen molar-refractivity contribution in [1.29, 1.82) is 0 Å². The summed E-state index contributed by atoms with van der Waals surface area (Å²) in [6.07, 6.45) is 4.65. The number of para-hydroxylation sites is 1. The third kappa shape index (κ3) is 4.97. The smallest absolute Gasteiger partial charge is 0.243 e. The van der Waals surface area contributed by atoms with Crippen molar-refractivity contribution >= 4 is 37.5 Å². The average Bonchev–Trinajstić information content (AvgIpc) is 2.69. The molecule has 0 saturated heterocycles. The lowest BCUT2D eigenvalue weighted by Crippen LogP contribution is -2.45. The highest BCUT2D eigenvalue weighted by molar-refractivity contribution is 9.10. The average molecular weight is 451 g/mol. The molecule has 27 heavy (non-hydrogen) atoms. The normalized spacial score (nSPS) is 15.6. The minimum atomic E-state index is -3.74. The van der Waals surface area contributed by atoms with Crippen molar-refractivity contribution in [1.82, 2.24) is 4.31 Å². The van der Waals surface area contributed by atoms with Crippen LogP contribution in [0.2, 0.25) is 0 Å². The molecule has 144 valence electrons. The van der Waals surface area contributed by atoms with E-state index >= 15 is 0 Å². The predicted molar refractivity (Wildman–Crippen MR) is 110 cm³/mol. The predicted octanol–water partition coefficient (Wildman–Crippen LogP) is 4.41. The van der Waals surface area contributed by atoms with Crippen molar-refractivity contribution in [3.05, 3.63) is 59.1 Å². The Morgan fingerprint density at radius 3 is 2.30 bits per heavy atom. The van der Waals surface area contributed by atoms with Gasteiger partial charge in [-0.3, -0.25) is 4.79 Å². The van der Waals surface area contributed by atoms with Crippen LogP contribution in [0, 0.1) is 0 Å². The fraction of sp³-hybridized carbons (Fsp3) is 0.350. The summed E-state index contributed by atoms with van der Waals surface area (Å²) in [6, 6.07) is 15.5. The van der Waals surface area contributed by atoms with Gasteiger partial charge in [-0.15, -0.1) is 0 Å². The highest BCUT2D eigenvalue weighted by atomic mass is 79.9. The number of rotatable bonds is 6. The molecule has 0 aliphatic heterocycles. The molecule has 0 atom stereocenters. The molecule has 2 aromatic rings. The van der Waals surface area contributed by atoms with Gasteiger partial charge in [0.25, 0.3) is 0 Å². The number of halogens is 1. The van der Waals surface area contributed by atoms with E-state index in [1.807, 2.05) is 18.2 Å². The first-order chi connectivity index (χ1) is 13.0. The van der Waals surface area contributed by atoms with E-state index in [-0.39, 0.29) is 23.4 Å². The first-order valence-corrected chi connectivity index (χ1v) is 11.3. The Labute approximate surface area is 169 Å². The van der Waals surface area contributed by atoms with Crippen LogP contribution < -0.4 is 5.32 Å². The standard InChI is InChI=1S/C20H23BrN2O3S/c21-18-13-7-8-14-19(18)22-20(24)15-23(16-9-3-1-4-10-16)27(25,26)17-11-5-2-6-12-17/h2,5-8,11-14,16H,1,3-4,9-10,15H2,(H,22,24). The first-order valence-electron chi connectivity index (χ1n) is 9.10. The van der Waals surface area contributed by atoms with E-state index in [1.165, 1.54) is 4.31 Å². The van der Waals surface area contributed by atoms with Crippen LogP contribution in [0.1, 0.15) is 32.1 Å². The fourth-order valence-electron chi connectivity index (χ4n) is 3.40. The minimum absolute atomic E-state index is 0.145. The van der Waals surface area contributed by atoms with Gasteiger partial charge in [0.15, 0.2) is 0 Å². The molecule has 1 fully saturated rings. The van der Waals surface area contributed by atoms with Crippen molar-refractivity contribution in [2.75, 3.05) is 11.9 Å². The molecule has 0 bridgehead atoms. The molecule has 0 heterocycles. The summed E-state index contributed by atoms with van der Waals surface area (Å²) in [5.41, 5.74) is 0.628. The molecule has 0 spiro atoms. The minimum Gasteiger partial charge on any atom is -0.324 e. The van der Waals surface area contributed by atoms with E-state index in [1.54, 1.807) is 36.4 Å². The summed E-state index contributed by atoms with van der Waals surface area (Å²) in [7, 11) is -3.74. The van der Waals surface area contributed by atoms with Crippen LogP contribution in [0.15, 0.2) is 64.0 Å². The molecule has 3 rings (SSSR count). The van der Waals surface area contributed by atoms with Crippen LogP contribution >= 0.6 is 15.9 Å². The molecule has 7 heteroatoms. The van der Waals surface area contributed by atoms with Gasteiger partial charge in [-0.1, -0.05) is 49.6 Å². The molecule has 1 aliphatic carbocycles. The Kier molecular flexibility index (Phi) is 6.68. The third-order valence-electron chi connectivity index (χ3n) is 4.78. The molecule has 1 N–H and O–H groups in total. The Bertz CT molecular complexity index is 881. The number of benzene rings is 2. The molecule has 1 saturated carbocycles. The Balaban J connectivity index is 1.84. The van der Waals surface area contributed by atoms with Gasteiger partial charge in [-0.2, -0.15) is 4.31 Å². The van der Waals surface area contributed by atoms with E-state index in [2.05, 4.69) is 21.2 Å². The maximum absolute atomic E-state index is 13.2. The first kappa shape index (κ1) is 20.0. The van der Waals surface area contributed by atoms with E-state index in [0.29, 0.717) is 5.69 Å². The van der Waals surface area contributed by atoms with Crippen LogP contribution in [0.5, 0.6) is 0 Å². The van der Waals surface area contributed by atoms with Crippen molar-refractivity contribution in [2.45, 2.75) is 43.0 Å². The number of anilines is 1. The van der Waals surface area contributed by atoms with E-state index in [9.17, 15) is 13.2 Å². The lowest BCUT2D eigenvalue weighted by atomic mass is 9.95. The van der Waals surface area contributed by atoms with Crippen LogP contribution in [-0.4, -0.2) is 31.2 Å². The molecule has 5 nitrogen and oxygen atoms in total. The van der Waals surface area contributed by atoms with Crippen LogP contribution in [0.3, 0.4) is 0 Å². The quantitative estimate of drug-likeness (QED) is 0.708. The van der Waals surface area contributed by atoms with Gasteiger partial charge in [0.1, 0.15) is 0 Å². The second-order valence-electron chi connectivity index (χ2n) is 6.68. The van der Waals surface area contributed by atoms with Crippen LogP contribution in [0.4, 0.5) is 5.69 Å². The van der Waals surface area contributed by atoms with Gasteiger partial charge in [0, 0.05) is 10.5 Å². The van der Waals surface area contributed by atoms with Gasteiger partial charge in [-0.25, -0.2) is 8.42 Å². The molecular weight excluding hydrogens is 428 g/mol. The number of nitrogens with one attached hydrogen (secondary N) is 1. The van der Waals surface area contributed by atoms with Gasteiger partial charge in [0.2, 0.25) is 15.9 Å². The van der Waals surface area contributed by atoms with Gasteiger partial charge >= 0.3 is 0 Å². The van der Waals surface area contributed by atoms with E-state index < -0.39 is 10.0 Å². The van der Waals surface area contributed by atoms with Crippen molar-refractivity contribution in [3.63, 3.8) is 0 Å². The second-order valence-corrected chi connectivity index (χ2v) is 9.43. The molecular formula is C20H23BrN2O3S. The lowest BCUT2D eigenvalue weighted by molar-refractivity contribution is -0.116. The van der Waals surface area contributed by atoms with Crippen LogP contribution in [-0.2, 0) is 14.8 Å². The summed E-state index contributed by atoms with van der Waals surface area (Å²) < 4.78 is 28.6. The SMILES string of the molecule is O=C(CN(C1CCCCC1)S(=O)(=O)c1ccccc1)Nc1ccccc1Br. The number of amides is 1. The number of carbonyl (C=O) groups excluding carboxylic acids is 1. The zero-order valence-electron chi connectivity index (χ0n) is 15.0. The van der Waals surface area contributed by atoms with E-state index in [0.717, 1.165) is 36.6 Å². The maximum Gasteiger partial charge on any atom is 0.243 e. The highest BCUT2D eigenvalue weighted by Gasteiger charge is 2.33. The number of nitrogens with zero attached hydrogens (tertiary/aromatic N) is 1. The summed E-state index contributed by atoms with van der Waals surface area (Å²) in [5, 5.41) is 2.81. The monoisotopic (exact) mass is 450 g/mol. The van der Waals surface area contributed by atoms with E-state index in [4.69, 9.17) is 0 Å². The highest BCUT2D eigenvalue weighted by Crippen LogP contribution is 2.28. The Hall–Kier alpha value is -1.70. The molecule has 1 aliphatic rings. The summed E-state index contributed by atoms with van der Waals surface area (Å²) in [6.45, 7) is -0.191. The Morgan fingerprint density at radius 1 is 1.00 bits per heavy atom. The number of hydrogen-bond donors (Lipinski definition) is 1. The largest absolute Gasteiger partial charge is 0.324 e. The van der Waals surface area contributed by atoms with Gasteiger partial charge in [0.05, 0.1) is 17.1 Å². The number of hydrogen-bond acceptors (Lipinski definition) is 3. The Morgan fingerprint density at radius 2 is 1.63 bits per heavy atom. The van der Waals surface area contributed by atoms with Crippen molar-refractivity contribution < 1.29 is 13.2 Å². The summed E-state index contributed by atoms with van der Waals surface area (Å²) in [5.74, 6) is -0.341. The van der Waals surface area contributed by atoms with Crippen molar-refractivity contribution in [3.8, 4) is 0 Å². The van der Waals surface area contributed by atoms with Gasteiger partial charge in [-0.05, 0) is 53.0 Å². The molecule has 2 aromatic carbocycles. The summed E-state index contributed by atoms with van der Waals surface area (Å²) in [4.78, 5) is 12.9.